The Kier molecular flexibility index (Phi) is 47.1. The van der Waals surface area contributed by atoms with Crippen molar-refractivity contribution in [2.75, 3.05) is 6.61 Å². The highest BCUT2D eigenvalue weighted by Crippen LogP contribution is 2.67. The third-order valence-electron chi connectivity index (χ3n) is 25.1. The average molecular weight is 3090 g/mol. The number of ketones is 3. The van der Waals surface area contributed by atoms with Crippen LogP contribution in [0.25, 0.3) is 0 Å². The van der Waals surface area contributed by atoms with Crippen LogP contribution in [0.15, 0.2) is 170 Å². The Morgan fingerprint density at radius 2 is 0.958 bits per heavy atom. The molecule has 790 valence electrons. The van der Waals surface area contributed by atoms with E-state index < -0.39 is 113 Å². The normalized spacial score (nSPS) is 19.4. The van der Waals surface area contributed by atoms with Gasteiger partial charge in [-0.2, -0.15) is 39.5 Å². The van der Waals surface area contributed by atoms with E-state index in [1.807, 2.05) is 81.6 Å². The van der Waals surface area contributed by atoms with Gasteiger partial charge in [0, 0.05) is 75.3 Å². The van der Waals surface area contributed by atoms with Crippen molar-refractivity contribution < 1.29 is 199 Å². The number of halogens is 19. The highest BCUT2D eigenvalue weighted by Gasteiger charge is 2.67. The van der Waals surface area contributed by atoms with Crippen molar-refractivity contribution in [2.45, 2.75) is 244 Å². The minimum absolute atomic E-state index is 0.0232. The molecule has 3 unspecified atom stereocenters. The average Bonchev–Trinajstić information content (AvgIpc) is 1.66. The van der Waals surface area contributed by atoms with Gasteiger partial charge >= 0.3 is 109 Å². The van der Waals surface area contributed by atoms with Crippen molar-refractivity contribution in [3.05, 3.63) is 252 Å². The molecule has 20 nitrogen and oxygen atoms in total. The Morgan fingerprint density at radius 1 is 0.514 bits per heavy atom. The molecule has 4 aliphatic carbocycles. The number of rotatable bonds is 27. The first-order valence-electron chi connectivity index (χ1n) is 45.2. The number of fused-ring (bicyclic) bond motifs is 5. The Bertz CT molecular complexity index is 6100. The van der Waals surface area contributed by atoms with Crippen molar-refractivity contribution >= 4 is 207 Å². The van der Waals surface area contributed by atoms with Crippen LogP contribution in [0.5, 0.6) is 5.75 Å². The maximum absolute atomic E-state index is 13.8. The first kappa shape index (κ1) is 127. The second-order valence-corrected chi connectivity index (χ2v) is 58.7. The Hall–Kier alpha value is -3.75. The maximum atomic E-state index is 13.8. The van der Waals surface area contributed by atoms with Gasteiger partial charge in [0.25, 0.3) is 6.10 Å². The van der Waals surface area contributed by atoms with Crippen LogP contribution in [-0.4, -0.2) is 121 Å². The minimum Gasteiger partial charge on any atom is -0.743 e. The maximum Gasteiger partial charge on any atom is 0.432 e. The summed E-state index contributed by atoms with van der Waals surface area (Å²) in [6, 6.07) is 58.1. The molecule has 4 aliphatic rings. The molecule has 4 fully saturated rings. The smallest absolute Gasteiger partial charge is 0.432 e. The summed E-state index contributed by atoms with van der Waals surface area (Å²) in [6.45, 7) is 33.5. The van der Waals surface area contributed by atoms with E-state index in [2.05, 4.69) is 253 Å². The van der Waals surface area contributed by atoms with Crippen LogP contribution in [0.1, 0.15) is 237 Å². The zero-order valence-corrected chi connectivity index (χ0v) is 103. The van der Waals surface area contributed by atoms with E-state index in [1.54, 1.807) is 79.8 Å². The quantitative estimate of drug-likeness (QED) is 0.00674. The summed E-state index contributed by atoms with van der Waals surface area (Å²) in [4.78, 5) is 86.2. The first-order valence-corrected chi connectivity index (χ1v) is 62.4. The topological polar surface area (TPSA) is 328 Å². The molecular formula is C102H111F10I9O20S3. The third-order valence-corrected chi connectivity index (χ3v) is 42.1. The molecule has 0 saturated heterocycles. The van der Waals surface area contributed by atoms with E-state index in [-0.39, 0.29) is 171 Å². The SMILES string of the molecule is CC(C)(C)c1ccc([I+]c2ccc(C(C)(C)C)cc2)cc1.CC(C)c1cc(C(C)C)c([I+]c2ccccc2)c(C(C)C)c1.CC(CCC(=O)OC(C(F)(F)F)C(F)(F)S(=O)(=O)[O-])[C@H]1CC[C@H]2[C@@H]3C(=O)C[C@@H]4CC(=O)CC[C@]4(C)[C@H]3CC(=O)[C@]12C.CC(OC(=O)CCCOC(=O)c1cc(I)cc(I)c1I)C(F)(F)S(=O)(=O)[O-].Fc1ccc([I+]c2ccccc2)cc1.O=C(Oc1c(I)cc(I)cc1I)C(F)(F)S(=O)(=O)[O-]. The van der Waals surface area contributed by atoms with Crippen LogP contribution < -0.4 is 68.4 Å². The van der Waals surface area contributed by atoms with Gasteiger partial charge < -0.3 is 32.6 Å². The molecule has 0 heterocycles. The van der Waals surface area contributed by atoms with Gasteiger partial charge in [-0.1, -0.05) is 177 Å². The van der Waals surface area contributed by atoms with Crippen LogP contribution >= 0.6 is 136 Å². The monoisotopic (exact) mass is 3080 g/mol. The zero-order valence-electron chi connectivity index (χ0n) is 81.1. The molecule has 0 spiro atoms. The first-order chi connectivity index (χ1) is 66.3. The van der Waals surface area contributed by atoms with Gasteiger partial charge in [0.05, 0.1) is 19.3 Å². The van der Waals surface area contributed by atoms with Crippen molar-refractivity contribution in [2.24, 2.45) is 46.3 Å². The number of hydrogen-bond donors (Lipinski definition) is 0. The lowest BCUT2D eigenvalue weighted by molar-refractivity contribution is -0.599. The molecule has 12 rings (SSSR count). The van der Waals surface area contributed by atoms with Gasteiger partial charge in [0.15, 0.2) is 60.1 Å². The Labute approximate surface area is 948 Å². The highest BCUT2D eigenvalue weighted by molar-refractivity contribution is 14.1. The van der Waals surface area contributed by atoms with Crippen LogP contribution in [0.3, 0.4) is 0 Å². The van der Waals surface area contributed by atoms with Crippen molar-refractivity contribution in [1.29, 1.82) is 0 Å². The highest BCUT2D eigenvalue weighted by atomic mass is 127. The second kappa shape index (κ2) is 53.4. The molecule has 144 heavy (non-hydrogen) atoms. The number of alkyl halides is 9. The number of benzene rings is 8. The van der Waals surface area contributed by atoms with E-state index in [0.29, 0.717) is 73.1 Å². The number of esters is 4. The molecular weight excluding hydrogens is 2970 g/mol. The molecule has 0 bridgehead atoms. The van der Waals surface area contributed by atoms with Crippen LogP contribution in [-0.2, 0) is 84.2 Å². The summed E-state index contributed by atoms with van der Waals surface area (Å²) >= 11 is 11.2. The van der Waals surface area contributed by atoms with Crippen molar-refractivity contribution in [3.63, 3.8) is 0 Å². The fourth-order valence-electron chi connectivity index (χ4n) is 17.0. The largest absolute Gasteiger partial charge is 0.743 e. The predicted octanol–water partition coefficient (Wildman–Crippen LogP) is 16.2. The summed E-state index contributed by atoms with van der Waals surface area (Å²) in [7, 11) is -18.9. The molecule has 0 aliphatic heterocycles. The number of ether oxygens (including phenoxy) is 4. The number of carbonyl (C=O) groups is 7. The van der Waals surface area contributed by atoms with E-state index in [1.165, 1.54) is 58.8 Å². The summed E-state index contributed by atoms with van der Waals surface area (Å²) in [5, 5.41) is -15.8. The molecule has 0 amide bonds. The van der Waals surface area contributed by atoms with Gasteiger partial charge in [0.1, 0.15) is 23.2 Å². The predicted molar refractivity (Wildman–Crippen MR) is 560 cm³/mol. The molecule has 8 aromatic rings. The summed E-state index contributed by atoms with van der Waals surface area (Å²) in [5.74, 6) is -6.09. The molecule has 0 N–H and O–H groups in total. The number of Topliss-reactive ketones (excluding diaryl/α,β-unsaturated/α-hetero) is 3. The van der Waals surface area contributed by atoms with Gasteiger partial charge in [-0.3, -0.25) is 24.0 Å². The van der Waals surface area contributed by atoms with Crippen molar-refractivity contribution in [3.8, 4) is 5.75 Å². The van der Waals surface area contributed by atoms with Gasteiger partial charge in [-0.05, 0) is 352 Å². The standard InChI is InChI=1S/C27H35F5O8S.C21H28I.C20H26I.C14H13F2I3O7S.C12H9FI.C8H3F2I3O5S/c1-13(4-7-21(36)40-23(26(28,29)30)27(31,32)41(37,38)39)16-5-6-17-22-18(12-20(35)25(16,17)3)24(2)9-8-15(33)10-14(24)11-19(22)34;1-14(2)17-12-19(15(3)4)21(20(13-17)16(5)6)22-18-10-8-7-9-11-18;1-19(2,3)15-7-11-17(12-8-15)21-18-13-9-16(10-14-18)20(4,5)6;1-7(14(15,16)27(22,23)24)26-11(20)3-2-4-25-13(21)9-5-8(17)6-10(18)12(9)19;13-10-6-8-12(9-7-10)14-11-4-2-1-3-5-11;9-8(10,19(15,16)17)7(14)18-6-4(12)1-3(11)2-5(6)13/h13-14,16-18,22-23H,4-12H2,1-3H3,(H,37,38,39);7-16H,1-6H3;7-14H,1-6H3;5-7H,2-4H2,1H3,(H,22,23,24);1-9H;1-2H,(H,15,16,17)/q;2*+1;;+1;/p-3/t13?,14-,16+,17-,18-,22-,23?,24-,25+;;;;;/m0...../s1. The third kappa shape index (κ3) is 34.6. The van der Waals surface area contributed by atoms with Gasteiger partial charge in [-0.25, -0.2) is 39.2 Å². The van der Waals surface area contributed by atoms with E-state index in [4.69, 9.17) is 4.74 Å². The summed E-state index contributed by atoms with van der Waals surface area (Å²) < 4.78 is 256. The van der Waals surface area contributed by atoms with Crippen LogP contribution in [0.4, 0.5) is 43.9 Å². The molecule has 4 saturated carbocycles. The second-order valence-electron chi connectivity index (χ2n) is 38.4. The summed E-state index contributed by atoms with van der Waals surface area (Å²) in [5.41, 5.74) is 7.07. The minimum atomic E-state index is -6.79. The molecule has 42 heteroatoms. The number of carbonyl (C=O) groups excluding carboxylic acids is 7. The molecule has 8 aromatic carbocycles. The van der Waals surface area contributed by atoms with Gasteiger partial charge in [-0.15, -0.1) is 0 Å². The lowest BCUT2D eigenvalue weighted by Gasteiger charge is -2.58. The lowest BCUT2D eigenvalue weighted by atomic mass is 9.44. The lowest BCUT2D eigenvalue weighted by Crippen LogP contribution is -3.62. The zero-order chi connectivity index (χ0) is 109. The molecule has 10 atom stereocenters. The molecule has 0 aromatic heterocycles. The fraction of sp³-hybridized carbons (Fsp3) is 0.461. The van der Waals surface area contributed by atoms with E-state index in [0.717, 1.165) is 10.7 Å². The van der Waals surface area contributed by atoms with Gasteiger partial charge in [0.2, 0.25) is 3.57 Å². The Morgan fingerprint density at radius 3 is 1.40 bits per heavy atom. The Balaban J connectivity index is 0.000000242. The van der Waals surface area contributed by atoms with Crippen LogP contribution in [0.2, 0.25) is 0 Å². The van der Waals surface area contributed by atoms with E-state index in [9.17, 15) is 116 Å². The summed E-state index contributed by atoms with van der Waals surface area (Å²) in [6.07, 6.45) is -11.4. The van der Waals surface area contributed by atoms with Crippen molar-refractivity contribution in [1.82, 2.24) is 0 Å². The number of hydrogen-bond acceptors (Lipinski definition) is 20. The molecule has 0 radical (unpaired) electrons. The van der Waals surface area contributed by atoms with E-state index >= 15 is 0 Å². The fourth-order valence-corrected chi connectivity index (χ4v) is 32.2. The van der Waals surface area contributed by atoms with Crippen LogP contribution in [0, 0.1) is 95.0 Å².